The zero-order valence-corrected chi connectivity index (χ0v) is 15.0. The molecule has 0 atom stereocenters. The lowest BCUT2D eigenvalue weighted by Crippen LogP contribution is -2.12. The van der Waals surface area contributed by atoms with Crippen molar-refractivity contribution < 1.29 is 18.7 Å². The molecule has 134 valence electrons. The lowest BCUT2D eigenvalue weighted by molar-refractivity contribution is 0.0470. The number of para-hydroxylation sites is 1. The molecule has 0 aliphatic rings. The van der Waals surface area contributed by atoms with Gasteiger partial charge in [0.05, 0.1) is 23.9 Å². The van der Waals surface area contributed by atoms with Gasteiger partial charge in [0.1, 0.15) is 6.61 Å². The van der Waals surface area contributed by atoms with Crippen LogP contribution in [0.15, 0.2) is 42.5 Å². The predicted molar refractivity (Wildman–Crippen MR) is 97.9 cm³/mol. The highest BCUT2D eigenvalue weighted by Gasteiger charge is 2.19. The van der Waals surface area contributed by atoms with Gasteiger partial charge in [0.25, 0.3) is 0 Å². The van der Waals surface area contributed by atoms with E-state index in [0.29, 0.717) is 23.2 Å². The van der Waals surface area contributed by atoms with Crippen molar-refractivity contribution in [3.8, 4) is 5.75 Å². The molecule has 0 amide bonds. The van der Waals surface area contributed by atoms with Crippen LogP contribution in [0.5, 0.6) is 5.75 Å². The molecule has 4 nitrogen and oxygen atoms in total. The largest absolute Gasteiger partial charge is 0.494 e. The third-order valence-electron chi connectivity index (χ3n) is 4.35. The Kier molecular flexibility index (Phi) is 5.16. The van der Waals surface area contributed by atoms with E-state index in [-0.39, 0.29) is 12.4 Å². The number of fused-ring (bicyclic) bond motifs is 1. The average molecular weight is 353 g/mol. The SMILES string of the molecule is CCc1nc2ccccc2c(C)c1C(=O)OCc1ccc(OC)c(F)c1. The lowest BCUT2D eigenvalue weighted by Gasteiger charge is -2.13. The predicted octanol–water partition coefficient (Wildman–Crippen LogP) is 4.61. The Hall–Kier alpha value is -2.95. The van der Waals surface area contributed by atoms with Crippen LogP contribution in [0, 0.1) is 12.7 Å². The van der Waals surface area contributed by atoms with E-state index < -0.39 is 11.8 Å². The number of halogens is 1. The van der Waals surface area contributed by atoms with Crippen LogP contribution in [-0.4, -0.2) is 18.1 Å². The first-order chi connectivity index (χ1) is 12.5. The molecule has 1 aromatic heterocycles. The van der Waals surface area contributed by atoms with Crippen molar-refractivity contribution in [2.45, 2.75) is 26.9 Å². The fraction of sp³-hybridized carbons (Fsp3) is 0.238. The fourth-order valence-corrected chi connectivity index (χ4v) is 2.99. The molecule has 0 unspecified atom stereocenters. The minimum absolute atomic E-state index is 0.0187. The summed E-state index contributed by atoms with van der Waals surface area (Å²) in [7, 11) is 1.40. The van der Waals surface area contributed by atoms with Crippen LogP contribution in [0.4, 0.5) is 4.39 Å². The van der Waals surface area contributed by atoms with Gasteiger partial charge in [-0.2, -0.15) is 0 Å². The van der Waals surface area contributed by atoms with Crippen LogP contribution in [-0.2, 0) is 17.8 Å². The van der Waals surface area contributed by atoms with Crippen LogP contribution < -0.4 is 4.74 Å². The molecule has 5 heteroatoms. The summed E-state index contributed by atoms with van der Waals surface area (Å²) in [5, 5.41) is 0.923. The van der Waals surface area contributed by atoms with Gasteiger partial charge in [-0.3, -0.25) is 4.98 Å². The number of carbonyl (C=O) groups excluding carboxylic acids is 1. The molecule has 26 heavy (non-hydrogen) atoms. The molecular weight excluding hydrogens is 333 g/mol. The molecule has 0 bridgehead atoms. The third-order valence-corrected chi connectivity index (χ3v) is 4.35. The zero-order chi connectivity index (χ0) is 18.7. The first kappa shape index (κ1) is 17.9. The molecule has 0 N–H and O–H groups in total. The van der Waals surface area contributed by atoms with Gasteiger partial charge in [0, 0.05) is 5.39 Å². The maximum absolute atomic E-state index is 13.8. The first-order valence-corrected chi connectivity index (χ1v) is 8.43. The number of rotatable bonds is 5. The second kappa shape index (κ2) is 7.52. The highest BCUT2D eigenvalue weighted by molar-refractivity contribution is 5.98. The molecule has 0 aliphatic heterocycles. The van der Waals surface area contributed by atoms with Crippen molar-refractivity contribution in [1.82, 2.24) is 4.98 Å². The molecule has 0 saturated carbocycles. The van der Waals surface area contributed by atoms with Gasteiger partial charge in [-0.25, -0.2) is 9.18 Å². The second-order valence-corrected chi connectivity index (χ2v) is 5.97. The Labute approximate surface area is 151 Å². The van der Waals surface area contributed by atoms with E-state index in [0.717, 1.165) is 16.5 Å². The van der Waals surface area contributed by atoms with Crippen molar-refractivity contribution in [2.24, 2.45) is 0 Å². The number of aromatic nitrogens is 1. The van der Waals surface area contributed by atoms with Crippen LogP contribution in [0.3, 0.4) is 0 Å². The number of aryl methyl sites for hydroxylation is 2. The number of ether oxygens (including phenoxy) is 2. The van der Waals surface area contributed by atoms with E-state index in [1.807, 2.05) is 38.1 Å². The smallest absolute Gasteiger partial charge is 0.340 e. The number of hydrogen-bond donors (Lipinski definition) is 0. The molecule has 0 aliphatic carbocycles. The minimum Gasteiger partial charge on any atom is -0.494 e. The van der Waals surface area contributed by atoms with E-state index in [1.165, 1.54) is 19.2 Å². The second-order valence-electron chi connectivity index (χ2n) is 5.97. The van der Waals surface area contributed by atoms with E-state index in [1.54, 1.807) is 6.07 Å². The van der Waals surface area contributed by atoms with Crippen molar-refractivity contribution in [2.75, 3.05) is 7.11 Å². The monoisotopic (exact) mass is 353 g/mol. The molecule has 0 saturated heterocycles. The maximum atomic E-state index is 13.8. The van der Waals surface area contributed by atoms with Gasteiger partial charge in [-0.15, -0.1) is 0 Å². The summed E-state index contributed by atoms with van der Waals surface area (Å²) >= 11 is 0. The first-order valence-electron chi connectivity index (χ1n) is 8.43. The number of pyridine rings is 1. The molecule has 3 aromatic rings. The topological polar surface area (TPSA) is 48.4 Å². The van der Waals surface area contributed by atoms with Crippen molar-refractivity contribution >= 4 is 16.9 Å². The highest BCUT2D eigenvalue weighted by atomic mass is 19.1. The Morgan fingerprint density at radius 1 is 1.19 bits per heavy atom. The quantitative estimate of drug-likeness (QED) is 0.629. The third kappa shape index (κ3) is 3.38. The molecule has 0 radical (unpaired) electrons. The van der Waals surface area contributed by atoms with Crippen molar-refractivity contribution in [3.05, 3.63) is 70.7 Å². The van der Waals surface area contributed by atoms with Gasteiger partial charge < -0.3 is 9.47 Å². The van der Waals surface area contributed by atoms with Gasteiger partial charge in [-0.05, 0) is 42.7 Å². The summed E-state index contributed by atoms with van der Waals surface area (Å²) in [5.41, 5.74) is 3.45. The summed E-state index contributed by atoms with van der Waals surface area (Å²) in [4.78, 5) is 17.3. The maximum Gasteiger partial charge on any atom is 0.340 e. The van der Waals surface area contributed by atoms with E-state index in [9.17, 15) is 9.18 Å². The van der Waals surface area contributed by atoms with Gasteiger partial charge in [0.2, 0.25) is 0 Å². The van der Waals surface area contributed by atoms with E-state index in [4.69, 9.17) is 9.47 Å². The number of hydrogen-bond acceptors (Lipinski definition) is 4. The number of methoxy groups -OCH3 is 1. The van der Waals surface area contributed by atoms with Crippen LogP contribution in [0.2, 0.25) is 0 Å². The van der Waals surface area contributed by atoms with Crippen LogP contribution in [0.1, 0.15) is 34.1 Å². The highest BCUT2D eigenvalue weighted by Crippen LogP contribution is 2.25. The Balaban J connectivity index is 1.88. The average Bonchev–Trinajstić information content (AvgIpc) is 2.66. The Morgan fingerprint density at radius 3 is 2.65 bits per heavy atom. The Morgan fingerprint density at radius 2 is 1.96 bits per heavy atom. The van der Waals surface area contributed by atoms with E-state index in [2.05, 4.69) is 4.98 Å². The molecule has 1 heterocycles. The molecule has 0 fully saturated rings. The number of nitrogens with zero attached hydrogens (tertiary/aromatic N) is 1. The summed E-state index contributed by atoms with van der Waals surface area (Å²) in [6, 6.07) is 12.2. The summed E-state index contributed by atoms with van der Waals surface area (Å²) in [5.74, 6) is -0.782. The fourth-order valence-electron chi connectivity index (χ4n) is 2.99. The molecule has 2 aromatic carbocycles. The van der Waals surface area contributed by atoms with Gasteiger partial charge in [-0.1, -0.05) is 31.2 Å². The minimum atomic E-state index is -0.487. The normalized spacial score (nSPS) is 10.8. The summed E-state index contributed by atoms with van der Waals surface area (Å²) in [6.07, 6.45) is 0.618. The van der Waals surface area contributed by atoms with Gasteiger partial charge in [0.15, 0.2) is 11.6 Å². The lowest BCUT2D eigenvalue weighted by atomic mass is 10.0. The summed E-state index contributed by atoms with van der Waals surface area (Å²) in [6.45, 7) is 3.83. The number of esters is 1. The van der Waals surface area contributed by atoms with Gasteiger partial charge >= 0.3 is 5.97 Å². The molecular formula is C21H20FNO3. The van der Waals surface area contributed by atoms with Crippen molar-refractivity contribution in [3.63, 3.8) is 0 Å². The number of benzene rings is 2. The molecule has 0 spiro atoms. The molecule has 3 rings (SSSR count). The van der Waals surface area contributed by atoms with E-state index >= 15 is 0 Å². The zero-order valence-electron chi connectivity index (χ0n) is 15.0. The summed E-state index contributed by atoms with van der Waals surface area (Å²) < 4.78 is 24.1. The standard InChI is InChI=1S/C21H20FNO3/c1-4-17-20(13(2)15-7-5-6-8-18(15)23-17)21(24)26-12-14-9-10-19(25-3)16(22)11-14/h5-11H,4,12H2,1-3H3. The Bertz CT molecular complexity index is 969. The van der Waals surface area contributed by atoms with Crippen molar-refractivity contribution in [1.29, 1.82) is 0 Å². The van der Waals surface area contributed by atoms with Crippen LogP contribution in [0.25, 0.3) is 10.9 Å². The number of carbonyl (C=O) groups is 1. The van der Waals surface area contributed by atoms with Crippen LogP contribution >= 0.6 is 0 Å².